The Balaban J connectivity index is 1.27. The first kappa shape index (κ1) is 17.5. The van der Waals surface area contributed by atoms with E-state index in [4.69, 9.17) is 8.94 Å². The zero-order valence-electron chi connectivity index (χ0n) is 14.8. The van der Waals surface area contributed by atoms with Crippen LogP contribution in [0.25, 0.3) is 22.8 Å². The van der Waals surface area contributed by atoms with Gasteiger partial charge in [-0.2, -0.15) is 4.98 Å². The molecule has 27 heavy (non-hydrogen) atoms. The largest absolute Gasteiger partial charge is 0.411 e. The highest BCUT2D eigenvalue weighted by molar-refractivity contribution is 7.99. The summed E-state index contributed by atoms with van der Waals surface area (Å²) in [6.07, 6.45) is 1.59. The summed E-state index contributed by atoms with van der Waals surface area (Å²) in [4.78, 5) is 4.44. The lowest BCUT2D eigenvalue weighted by Gasteiger charge is -1.96. The summed E-state index contributed by atoms with van der Waals surface area (Å²) in [5.41, 5.74) is 3.08. The normalized spacial score (nSPS) is 11.0. The molecule has 4 aromatic rings. The standard InChI is InChI=1S/C20H18N4O2S/c1-14-9-11-16(12-10-14)19-22-23-20(25-19)27-13-5-8-17-21-18(24-26-17)15-6-3-2-4-7-15/h2-4,6-7,9-12H,5,8,13H2,1H3. The molecule has 0 spiro atoms. The Hall–Kier alpha value is -2.93. The van der Waals surface area contributed by atoms with E-state index in [-0.39, 0.29) is 0 Å². The van der Waals surface area contributed by atoms with E-state index in [1.807, 2.05) is 61.5 Å². The summed E-state index contributed by atoms with van der Waals surface area (Å²) in [5, 5.41) is 12.8. The molecule has 0 fully saturated rings. The summed E-state index contributed by atoms with van der Waals surface area (Å²) in [6, 6.07) is 17.8. The first-order valence-corrected chi connectivity index (χ1v) is 9.68. The number of aromatic nitrogens is 4. The molecule has 7 heteroatoms. The van der Waals surface area contributed by atoms with Gasteiger partial charge in [0.2, 0.25) is 17.6 Å². The van der Waals surface area contributed by atoms with Gasteiger partial charge in [0, 0.05) is 23.3 Å². The minimum absolute atomic E-state index is 0.543. The third kappa shape index (κ3) is 4.43. The molecule has 2 aromatic heterocycles. The first-order chi connectivity index (χ1) is 13.3. The summed E-state index contributed by atoms with van der Waals surface area (Å²) < 4.78 is 11.0. The molecular weight excluding hydrogens is 360 g/mol. The average molecular weight is 378 g/mol. The van der Waals surface area contributed by atoms with Crippen LogP contribution in [0.3, 0.4) is 0 Å². The molecule has 0 saturated heterocycles. The molecule has 4 rings (SSSR count). The first-order valence-electron chi connectivity index (χ1n) is 8.69. The Bertz CT molecular complexity index is 996. The van der Waals surface area contributed by atoms with Crippen LogP contribution in [0.2, 0.25) is 0 Å². The van der Waals surface area contributed by atoms with Gasteiger partial charge in [-0.15, -0.1) is 10.2 Å². The molecule has 6 nitrogen and oxygen atoms in total. The molecule has 0 aliphatic rings. The van der Waals surface area contributed by atoms with Crippen molar-refractivity contribution >= 4 is 11.8 Å². The van der Waals surface area contributed by atoms with Gasteiger partial charge in [-0.3, -0.25) is 0 Å². The van der Waals surface area contributed by atoms with Gasteiger partial charge in [0.15, 0.2) is 0 Å². The van der Waals surface area contributed by atoms with Crippen LogP contribution in [-0.4, -0.2) is 26.1 Å². The Morgan fingerprint density at radius 2 is 1.74 bits per heavy atom. The van der Waals surface area contributed by atoms with Gasteiger partial charge in [0.25, 0.3) is 5.22 Å². The average Bonchev–Trinajstić information content (AvgIpc) is 3.36. The fourth-order valence-electron chi connectivity index (χ4n) is 2.52. The third-order valence-electron chi connectivity index (χ3n) is 3.97. The Morgan fingerprint density at radius 3 is 2.56 bits per heavy atom. The molecule has 136 valence electrons. The third-order valence-corrected chi connectivity index (χ3v) is 4.87. The van der Waals surface area contributed by atoms with Gasteiger partial charge < -0.3 is 8.94 Å². The van der Waals surface area contributed by atoms with Crippen molar-refractivity contribution in [1.82, 2.24) is 20.3 Å². The topological polar surface area (TPSA) is 77.8 Å². The summed E-state index contributed by atoms with van der Waals surface area (Å²) in [7, 11) is 0. The number of thioether (sulfide) groups is 1. The summed E-state index contributed by atoms with van der Waals surface area (Å²) >= 11 is 1.53. The number of rotatable bonds is 7. The monoisotopic (exact) mass is 378 g/mol. The number of aryl methyl sites for hydroxylation is 2. The maximum Gasteiger partial charge on any atom is 0.276 e. The van der Waals surface area contributed by atoms with Crippen LogP contribution in [-0.2, 0) is 6.42 Å². The fourth-order valence-corrected chi connectivity index (χ4v) is 3.22. The molecular formula is C20H18N4O2S. The van der Waals surface area contributed by atoms with Gasteiger partial charge >= 0.3 is 0 Å². The second kappa shape index (κ2) is 8.18. The molecule has 0 amide bonds. The lowest BCUT2D eigenvalue weighted by Crippen LogP contribution is -1.88. The minimum Gasteiger partial charge on any atom is -0.411 e. The molecule has 0 aliphatic heterocycles. The van der Waals surface area contributed by atoms with Crippen molar-refractivity contribution in [2.45, 2.75) is 25.0 Å². The predicted molar refractivity (Wildman–Crippen MR) is 103 cm³/mol. The summed E-state index contributed by atoms with van der Waals surface area (Å²) in [6.45, 7) is 2.05. The number of hydrogen-bond acceptors (Lipinski definition) is 7. The molecule has 0 unspecified atom stereocenters. The van der Waals surface area contributed by atoms with Crippen LogP contribution in [0.4, 0.5) is 0 Å². The molecule has 2 aromatic carbocycles. The highest BCUT2D eigenvalue weighted by Gasteiger charge is 2.10. The van der Waals surface area contributed by atoms with Crippen LogP contribution >= 0.6 is 11.8 Å². The van der Waals surface area contributed by atoms with Gasteiger partial charge in [0.05, 0.1) is 0 Å². The minimum atomic E-state index is 0.543. The molecule has 0 N–H and O–H groups in total. The van der Waals surface area contributed by atoms with Crippen molar-refractivity contribution in [2.24, 2.45) is 0 Å². The van der Waals surface area contributed by atoms with Crippen molar-refractivity contribution in [2.75, 3.05) is 5.75 Å². The van der Waals surface area contributed by atoms with Crippen LogP contribution in [0.15, 0.2) is 68.8 Å². The van der Waals surface area contributed by atoms with Crippen molar-refractivity contribution in [1.29, 1.82) is 0 Å². The van der Waals surface area contributed by atoms with E-state index in [0.717, 1.165) is 23.3 Å². The van der Waals surface area contributed by atoms with E-state index in [2.05, 4.69) is 20.3 Å². The van der Waals surface area contributed by atoms with E-state index in [1.54, 1.807) is 0 Å². The van der Waals surface area contributed by atoms with Gasteiger partial charge in [-0.05, 0) is 25.5 Å². The summed E-state index contributed by atoms with van der Waals surface area (Å²) in [5.74, 6) is 2.64. The molecule has 0 atom stereocenters. The zero-order chi connectivity index (χ0) is 18.5. The van der Waals surface area contributed by atoms with Crippen LogP contribution in [0, 0.1) is 6.92 Å². The maximum atomic E-state index is 5.71. The zero-order valence-corrected chi connectivity index (χ0v) is 15.6. The number of nitrogens with zero attached hydrogens (tertiary/aromatic N) is 4. The molecule has 0 saturated carbocycles. The molecule has 0 bridgehead atoms. The van der Waals surface area contributed by atoms with E-state index in [9.17, 15) is 0 Å². The van der Waals surface area contributed by atoms with Crippen LogP contribution in [0.5, 0.6) is 0 Å². The SMILES string of the molecule is Cc1ccc(-c2nnc(SCCCc3nc(-c4ccccc4)no3)o2)cc1. The van der Waals surface area contributed by atoms with Gasteiger partial charge in [-0.1, -0.05) is 64.9 Å². The van der Waals surface area contributed by atoms with E-state index >= 15 is 0 Å². The number of benzene rings is 2. The van der Waals surface area contributed by atoms with E-state index in [1.165, 1.54) is 17.3 Å². The van der Waals surface area contributed by atoms with Gasteiger partial charge in [-0.25, -0.2) is 0 Å². The van der Waals surface area contributed by atoms with Crippen LogP contribution < -0.4 is 0 Å². The lowest BCUT2D eigenvalue weighted by atomic mass is 10.1. The highest BCUT2D eigenvalue weighted by Crippen LogP contribution is 2.24. The van der Waals surface area contributed by atoms with Gasteiger partial charge in [0.1, 0.15) is 0 Å². The van der Waals surface area contributed by atoms with E-state index in [0.29, 0.717) is 29.2 Å². The van der Waals surface area contributed by atoms with Crippen molar-refractivity contribution in [3.8, 4) is 22.8 Å². The highest BCUT2D eigenvalue weighted by atomic mass is 32.2. The van der Waals surface area contributed by atoms with Crippen molar-refractivity contribution < 1.29 is 8.94 Å². The second-order valence-corrected chi connectivity index (χ2v) is 7.12. The Morgan fingerprint density at radius 1 is 0.926 bits per heavy atom. The quantitative estimate of drug-likeness (QED) is 0.337. The van der Waals surface area contributed by atoms with E-state index < -0.39 is 0 Å². The van der Waals surface area contributed by atoms with Crippen LogP contribution in [0.1, 0.15) is 17.9 Å². The molecule has 2 heterocycles. The lowest BCUT2D eigenvalue weighted by molar-refractivity contribution is 0.378. The Kier molecular flexibility index (Phi) is 5.29. The molecule has 0 radical (unpaired) electrons. The molecule has 0 aliphatic carbocycles. The predicted octanol–water partition coefficient (Wildman–Crippen LogP) is 4.82. The fraction of sp³-hybridized carbons (Fsp3) is 0.200. The smallest absolute Gasteiger partial charge is 0.276 e. The number of hydrogen-bond donors (Lipinski definition) is 0. The van der Waals surface area contributed by atoms with Crippen molar-refractivity contribution in [3.63, 3.8) is 0 Å². The maximum absolute atomic E-state index is 5.71. The van der Waals surface area contributed by atoms with Crippen molar-refractivity contribution in [3.05, 3.63) is 66.1 Å². The Labute approximate surface area is 161 Å². The second-order valence-electron chi connectivity index (χ2n) is 6.07.